The van der Waals surface area contributed by atoms with Crippen molar-refractivity contribution in [1.29, 1.82) is 0 Å². The van der Waals surface area contributed by atoms with Gasteiger partial charge in [-0.25, -0.2) is 4.79 Å². The second-order valence-electron chi connectivity index (χ2n) is 9.65. The lowest BCUT2D eigenvalue weighted by Gasteiger charge is -2.34. The molecule has 3 N–H and O–H groups in total. The number of benzene rings is 1. The number of rotatable bonds is 9. The van der Waals surface area contributed by atoms with Gasteiger partial charge < -0.3 is 30.1 Å². The van der Waals surface area contributed by atoms with Gasteiger partial charge in [-0.15, -0.1) is 0 Å². The van der Waals surface area contributed by atoms with Gasteiger partial charge in [-0.05, 0) is 63.3 Å². The highest BCUT2D eigenvalue weighted by atomic mass is 32.1. The van der Waals surface area contributed by atoms with Gasteiger partial charge in [0, 0.05) is 11.8 Å². The van der Waals surface area contributed by atoms with E-state index >= 15 is 0 Å². The van der Waals surface area contributed by atoms with E-state index in [2.05, 4.69) is 28.0 Å². The van der Waals surface area contributed by atoms with Gasteiger partial charge in [-0.1, -0.05) is 13.0 Å². The number of aromatic hydroxyl groups is 1. The second kappa shape index (κ2) is 11.7. The van der Waals surface area contributed by atoms with Gasteiger partial charge in [0.1, 0.15) is 30.0 Å². The number of hydrogen-bond acceptors (Lipinski definition) is 8. The number of carbonyl (C=O) groups is 4. The summed E-state index contributed by atoms with van der Waals surface area (Å²) >= 11 is 4.25. The van der Waals surface area contributed by atoms with Gasteiger partial charge in [0.05, 0.1) is 7.11 Å². The molecule has 0 bridgehead atoms. The summed E-state index contributed by atoms with van der Waals surface area (Å²) in [5.74, 6) is -1.61. The summed E-state index contributed by atoms with van der Waals surface area (Å²) in [6.45, 7) is 8.37. The van der Waals surface area contributed by atoms with Gasteiger partial charge in [-0.3, -0.25) is 14.4 Å². The molecule has 1 aromatic rings. The predicted molar refractivity (Wildman–Crippen MR) is 132 cm³/mol. The normalized spacial score (nSPS) is 18.6. The van der Waals surface area contributed by atoms with Crippen LogP contribution in [0.5, 0.6) is 5.75 Å². The number of phenols is 1. The summed E-state index contributed by atoms with van der Waals surface area (Å²) in [4.78, 5) is 52.6. The maximum atomic E-state index is 13.8. The maximum Gasteiger partial charge on any atom is 0.408 e. The van der Waals surface area contributed by atoms with E-state index < -0.39 is 41.6 Å². The lowest BCUT2D eigenvalue weighted by atomic mass is 10.00. The molecule has 1 saturated carbocycles. The molecule has 0 saturated heterocycles. The van der Waals surface area contributed by atoms with E-state index in [9.17, 15) is 24.3 Å². The summed E-state index contributed by atoms with van der Waals surface area (Å²) in [7, 11) is 1.21. The Hall–Kier alpha value is -2.95. The molecule has 1 aromatic carbocycles. The van der Waals surface area contributed by atoms with Crippen molar-refractivity contribution >= 4 is 36.5 Å². The van der Waals surface area contributed by atoms with Crippen molar-refractivity contribution in [2.24, 2.45) is 5.92 Å². The number of hydrogen-bond donors (Lipinski definition) is 4. The molecule has 2 rings (SSSR count). The molecule has 4 unspecified atom stereocenters. The van der Waals surface area contributed by atoms with Crippen molar-refractivity contribution in [3.63, 3.8) is 0 Å². The summed E-state index contributed by atoms with van der Waals surface area (Å²) in [5, 5.41) is 15.1. The second-order valence-corrected chi connectivity index (χ2v) is 10.0. The Morgan fingerprint density at radius 2 is 1.89 bits per heavy atom. The number of nitrogens with zero attached hydrogens (tertiary/aromatic N) is 1. The number of amides is 3. The maximum absolute atomic E-state index is 13.8. The summed E-state index contributed by atoms with van der Waals surface area (Å²) in [6.07, 6.45) is -0.115. The van der Waals surface area contributed by atoms with Crippen molar-refractivity contribution in [3.8, 4) is 5.75 Å². The van der Waals surface area contributed by atoms with E-state index in [0.717, 1.165) is 0 Å². The highest BCUT2D eigenvalue weighted by Gasteiger charge is 2.48. The van der Waals surface area contributed by atoms with Gasteiger partial charge in [-0.2, -0.15) is 12.6 Å². The first-order chi connectivity index (χ1) is 16.3. The molecule has 0 heterocycles. The predicted octanol–water partition coefficient (Wildman–Crippen LogP) is 2.09. The van der Waals surface area contributed by atoms with E-state index in [1.807, 2.05) is 6.92 Å². The largest absolute Gasteiger partial charge is 0.508 e. The van der Waals surface area contributed by atoms with Crippen molar-refractivity contribution in [2.75, 3.05) is 19.4 Å². The molecule has 1 aliphatic carbocycles. The lowest BCUT2D eigenvalue weighted by Crippen LogP contribution is -2.55. The van der Waals surface area contributed by atoms with Crippen LogP contribution in [0.3, 0.4) is 0 Å². The Labute approximate surface area is 211 Å². The van der Waals surface area contributed by atoms with Crippen molar-refractivity contribution in [3.05, 3.63) is 29.3 Å². The molecule has 0 radical (unpaired) electrons. The minimum Gasteiger partial charge on any atom is -0.508 e. The van der Waals surface area contributed by atoms with Crippen LogP contribution in [0, 0.1) is 12.8 Å². The fraction of sp³-hybridized carbons (Fsp3) is 0.583. The van der Waals surface area contributed by atoms with Gasteiger partial charge in [0.2, 0.25) is 11.8 Å². The molecule has 194 valence electrons. The molecule has 1 aliphatic rings. The zero-order valence-corrected chi connectivity index (χ0v) is 21.8. The first kappa shape index (κ1) is 28.3. The van der Waals surface area contributed by atoms with Crippen LogP contribution in [0.25, 0.3) is 0 Å². The molecular weight excluding hydrogens is 474 g/mol. The van der Waals surface area contributed by atoms with Crippen molar-refractivity contribution in [2.45, 2.75) is 64.8 Å². The van der Waals surface area contributed by atoms with Crippen LogP contribution in [0.1, 0.15) is 51.3 Å². The first-order valence-corrected chi connectivity index (χ1v) is 12.0. The van der Waals surface area contributed by atoms with Crippen LogP contribution in [-0.4, -0.2) is 71.0 Å². The van der Waals surface area contributed by atoms with Crippen LogP contribution >= 0.6 is 12.6 Å². The van der Waals surface area contributed by atoms with Crippen molar-refractivity contribution < 1.29 is 33.8 Å². The highest BCUT2D eigenvalue weighted by Crippen LogP contribution is 2.41. The topological polar surface area (TPSA) is 134 Å². The zero-order valence-electron chi connectivity index (χ0n) is 21.0. The van der Waals surface area contributed by atoms with E-state index in [4.69, 9.17) is 4.74 Å². The highest BCUT2D eigenvalue weighted by molar-refractivity contribution is 7.80. The number of phenolic OH excluding ortho intramolecular Hbond substituents is 1. The minimum atomic E-state index is -1.12. The number of thiol groups is 1. The van der Waals surface area contributed by atoms with E-state index in [1.54, 1.807) is 39.8 Å². The Kier molecular flexibility index (Phi) is 9.42. The number of aryl methyl sites for hydroxylation is 1. The van der Waals surface area contributed by atoms with Crippen LogP contribution in [0.4, 0.5) is 4.79 Å². The Morgan fingerprint density at radius 3 is 2.37 bits per heavy atom. The molecule has 35 heavy (non-hydrogen) atoms. The summed E-state index contributed by atoms with van der Waals surface area (Å²) < 4.78 is 9.89. The third-order valence-corrected chi connectivity index (χ3v) is 5.91. The number of ether oxygens (including phenoxy) is 2. The van der Waals surface area contributed by atoms with E-state index in [1.165, 1.54) is 18.1 Å². The van der Waals surface area contributed by atoms with Crippen LogP contribution in [0.15, 0.2) is 18.2 Å². The molecule has 0 aromatic heterocycles. The molecule has 1 fully saturated rings. The first-order valence-electron chi connectivity index (χ1n) is 11.4. The van der Waals surface area contributed by atoms with Crippen LogP contribution in [-0.2, 0) is 23.9 Å². The van der Waals surface area contributed by atoms with Crippen LogP contribution in [0.2, 0.25) is 0 Å². The van der Waals surface area contributed by atoms with Gasteiger partial charge in [0.25, 0.3) is 0 Å². The average molecular weight is 510 g/mol. The Balaban J connectivity index is 2.44. The van der Waals surface area contributed by atoms with E-state index in [0.29, 0.717) is 17.5 Å². The minimum absolute atomic E-state index is 0.0270. The molecule has 10 nitrogen and oxygen atoms in total. The number of carbonyl (C=O) groups excluding carboxylic acids is 4. The van der Waals surface area contributed by atoms with Crippen molar-refractivity contribution in [1.82, 2.24) is 15.5 Å². The fourth-order valence-electron chi connectivity index (χ4n) is 3.60. The Morgan fingerprint density at radius 1 is 1.26 bits per heavy atom. The molecular formula is C24H35N3O7S. The third-order valence-electron chi connectivity index (χ3n) is 5.55. The molecule has 0 aliphatic heterocycles. The molecule has 3 amide bonds. The molecule has 0 spiro atoms. The number of nitrogens with one attached hydrogen (secondary N) is 2. The number of methoxy groups -OCH3 is 1. The SMILES string of the molecule is COC(=O)CNC(=O)C(c1ccc(O)c(C)c1)N(C(=O)C(CS)NC(=O)OC(C)(C)C)C1CC1C. The average Bonchev–Trinajstić information content (AvgIpc) is 3.49. The lowest BCUT2D eigenvalue weighted by molar-refractivity contribution is -0.145. The standard InChI is InChI=1S/C24H35N3O7S/c1-13-10-17(13)27(22(31)16(12-35)26-23(32)34-24(3,4)5)20(21(30)25-11-19(29)33-6)15-7-8-18(28)14(2)9-15/h7-9,13,16-17,20,28,35H,10-12H2,1-6H3,(H,25,30)(H,26,32). The Bertz CT molecular complexity index is 963. The van der Waals surface area contributed by atoms with Crippen LogP contribution < -0.4 is 10.6 Å². The van der Waals surface area contributed by atoms with E-state index in [-0.39, 0.29) is 30.0 Å². The quantitative estimate of drug-likeness (QED) is 0.296. The third kappa shape index (κ3) is 7.78. The van der Waals surface area contributed by atoms with Gasteiger partial charge >= 0.3 is 12.1 Å². The molecule has 4 atom stereocenters. The number of esters is 1. The number of alkyl carbamates (subject to hydrolysis) is 1. The van der Waals surface area contributed by atoms with Gasteiger partial charge in [0.15, 0.2) is 0 Å². The molecule has 11 heteroatoms. The smallest absolute Gasteiger partial charge is 0.408 e. The zero-order chi connectivity index (χ0) is 26.5. The summed E-state index contributed by atoms with van der Waals surface area (Å²) in [6, 6.07) is 2.16. The summed E-state index contributed by atoms with van der Waals surface area (Å²) in [5.41, 5.74) is 0.200. The monoisotopic (exact) mass is 509 g/mol. The fourth-order valence-corrected chi connectivity index (χ4v) is 3.85.